The number of rotatable bonds is 3. The molecule has 0 spiro atoms. The molecule has 0 saturated carbocycles. The summed E-state index contributed by atoms with van der Waals surface area (Å²) in [5, 5.41) is 0. The van der Waals surface area contributed by atoms with Crippen LogP contribution in [0.4, 0.5) is 0 Å². The van der Waals surface area contributed by atoms with Crippen molar-refractivity contribution in [3.63, 3.8) is 0 Å². The Hall–Kier alpha value is -1.69. The first-order valence-corrected chi connectivity index (χ1v) is 7.43. The van der Waals surface area contributed by atoms with Crippen LogP contribution in [0, 0.1) is 12.8 Å². The second-order valence-electron chi connectivity index (χ2n) is 4.74. The molecule has 5 nitrogen and oxygen atoms in total. The molecule has 21 heavy (non-hydrogen) atoms. The summed E-state index contributed by atoms with van der Waals surface area (Å²) in [6, 6.07) is 3.45. The first-order chi connectivity index (χ1) is 9.95. The molecule has 1 atom stereocenters. The van der Waals surface area contributed by atoms with Crippen LogP contribution in [0.2, 0.25) is 0 Å². The van der Waals surface area contributed by atoms with Crippen molar-refractivity contribution in [1.82, 2.24) is 0 Å². The Morgan fingerprint density at radius 1 is 1.43 bits per heavy atom. The lowest BCUT2D eigenvalue weighted by molar-refractivity contribution is -0.154. The number of ketones is 2. The molecule has 0 radical (unpaired) electrons. The lowest BCUT2D eigenvalue weighted by Gasteiger charge is -2.11. The topological polar surface area (TPSA) is 69.7 Å². The van der Waals surface area contributed by atoms with Crippen molar-refractivity contribution in [3.05, 3.63) is 27.7 Å². The van der Waals surface area contributed by atoms with Crippen LogP contribution in [-0.4, -0.2) is 30.7 Å². The van der Waals surface area contributed by atoms with Gasteiger partial charge in [0.1, 0.15) is 5.75 Å². The van der Waals surface area contributed by atoms with E-state index in [1.54, 1.807) is 13.0 Å². The fourth-order valence-electron chi connectivity index (χ4n) is 2.30. The fraction of sp³-hybridized carbons (Fsp3) is 0.400. The standard InChI is InChI=1S/C15H15BrO5/c1-3-20-15(19)13(18)10-4-5-21-14-8(2)6-9(16)7-11(14)12(10)17/h6-7,10H,3-5H2,1-2H3. The number of benzene rings is 1. The van der Waals surface area contributed by atoms with E-state index in [1.165, 1.54) is 0 Å². The molecule has 0 fully saturated rings. The van der Waals surface area contributed by atoms with Crippen molar-refractivity contribution in [2.75, 3.05) is 13.2 Å². The van der Waals surface area contributed by atoms with Crippen molar-refractivity contribution < 1.29 is 23.9 Å². The van der Waals surface area contributed by atoms with Gasteiger partial charge in [-0.25, -0.2) is 4.79 Å². The minimum absolute atomic E-state index is 0.100. The highest BCUT2D eigenvalue weighted by molar-refractivity contribution is 9.10. The van der Waals surface area contributed by atoms with Gasteiger partial charge >= 0.3 is 5.97 Å². The minimum Gasteiger partial charge on any atom is -0.493 e. The van der Waals surface area contributed by atoms with Crippen LogP contribution in [0.5, 0.6) is 5.75 Å². The van der Waals surface area contributed by atoms with Gasteiger partial charge in [-0.1, -0.05) is 15.9 Å². The Labute approximate surface area is 130 Å². The van der Waals surface area contributed by atoms with E-state index in [-0.39, 0.29) is 19.6 Å². The van der Waals surface area contributed by atoms with Crippen molar-refractivity contribution in [2.24, 2.45) is 5.92 Å². The lowest BCUT2D eigenvalue weighted by atomic mass is 9.91. The van der Waals surface area contributed by atoms with Crippen molar-refractivity contribution in [3.8, 4) is 5.75 Å². The Kier molecular flexibility index (Phi) is 4.77. The van der Waals surface area contributed by atoms with Gasteiger partial charge in [0, 0.05) is 4.47 Å². The van der Waals surface area contributed by atoms with Gasteiger partial charge in [-0.3, -0.25) is 9.59 Å². The second kappa shape index (κ2) is 6.39. The zero-order valence-electron chi connectivity index (χ0n) is 11.8. The van der Waals surface area contributed by atoms with E-state index in [2.05, 4.69) is 15.9 Å². The summed E-state index contributed by atoms with van der Waals surface area (Å²) in [4.78, 5) is 36.2. The number of carbonyl (C=O) groups is 3. The molecule has 1 aliphatic rings. The van der Waals surface area contributed by atoms with Gasteiger partial charge in [0.2, 0.25) is 0 Å². The summed E-state index contributed by atoms with van der Waals surface area (Å²) in [6.45, 7) is 3.74. The number of carbonyl (C=O) groups excluding carboxylic acids is 3. The van der Waals surface area contributed by atoms with Crippen LogP contribution < -0.4 is 4.74 Å². The summed E-state index contributed by atoms with van der Waals surface area (Å²) in [5.41, 5.74) is 1.12. The average Bonchev–Trinajstić information content (AvgIpc) is 2.59. The molecule has 0 aliphatic carbocycles. The summed E-state index contributed by atoms with van der Waals surface area (Å²) in [6.07, 6.45) is 0.169. The number of aryl methyl sites for hydroxylation is 1. The van der Waals surface area contributed by atoms with Gasteiger partial charge in [-0.15, -0.1) is 0 Å². The second-order valence-corrected chi connectivity index (χ2v) is 5.65. The van der Waals surface area contributed by atoms with Crippen LogP contribution in [0.3, 0.4) is 0 Å². The van der Waals surface area contributed by atoms with Gasteiger partial charge in [0.15, 0.2) is 5.78 Å². The maximum Gasteiger partial charge on any atom is 0.375 e. The van der Waals surface area contributed by atoms with Gasteiger partial charge < -0.3 is 9.47 Å². The van der Waals surface area contributed by atoms with Gasteiger partial charge in [-0.05, 0) is 38.0 Å². The molecule has 0 aromatic heterocycles. The molecule has 6 heteroatoms. The highest BCUT2D eigenvalue weighted by Crippen LogP contribution is 2.33. The van der Waals surface area contributed by atoms with E-state index in [4.69, 9.17) is 9.47 Å². The Bertz CT molecular complexity index is 608. The molecule has 0 amide bonds. The number of Topliss-reactive ketones (excluding diaryl/α,β-unsaturated/α-hetero) is 2. The van der Waals surface area contributed by atoms with Crippen LogP contribution in [0.15, 0.2) is 16.6 Å². The first-order valence-electron chi connectivity index (χ1n) is 6.63. The molecule has 1 unspecified atom stereocenters. The highest BCUT2D eigenvalue weighted by atomic mass is 79.9. The maximum absolute atomic E-state index is 12.6. The van der Waals surface area contributed by atoms with E-state index < -0.39 is 23.5 Å². The third-order valence-electron chi connectivity index (χ3n) is 3.27. The minimum atomic E-state index is -1.04. The number of fused-ring (bicyclic) bond motifs is 1. The molecule has 0 bridgehead atoms. The number of hydrogen-bond acceptors (Lipinski definition) is 5. The van der Waals surface area contributed by atoms with E-state index in [0.29, 0.717) is 11.3 Å². The van der Waals surface area contributed by atoms with Crippen molar-refractivity contribution in [2.45, 2.75) is 20.3 Å². The predicted molar refractivity (Wildman–Crippen MR) is 78.5 cm³/mol. The lowest BCUT2D eigenvalue weighted by Crippen LogP contribution is -2.31. The molecule has 1 aromatic rings. The molecule has 0 N–H and O–H groups in total. The maximum atomic E-state index is 12.6. The Balaban J connectivity index is 2.38. The fourth-order valence-corrected chi connectivity index (χ4v) is 2.87. The summed E-state index contributed by atoms with van der Waals surface area (Å²) < 4.78 is 11.0. The van der Waals surface area contributed by atoms with Crippen LogP contribution in [-0.2, 0) is 14.3 Å². The number of ether oxygens (including phenoxy) is 2. The summed E-state index contributed by atoms with van der Waals surface area (Å²) in [7, 11) is 0. The summed E-state index contributed by atoms with van der Waals surface area (Å²) in [5.74, 6) is -2.74. The first kappa shape index (κ1) is 15.7. The number of halogens is 1. The smallest absolute Gasteiger partial charge is 0.375 e. The molecule has 1 heterocycles. The molecular weight excluding hydrogens is 340 g/mol. The van der Waals surface area contributed by atoms with E-state index in [1.807, 2.05) is 13.0 Å². The number of esters is 1. The molecule has 2 rings (SSSR count). The van der Waals surface area contributed by atoms with E-state index >= 15 is 0 Å². The van der Waals surface area contributed by atoms with Crippen LogP contribution >= 0.6 is 15.9 Å². The van der Waals surface area contributed by atoms with Gasteiger partial charge in [-0.2, -0.15) is 0 Å². The van der Waals surface area contributed by atoms with Crippen molar-refractivity contribution in [1.29, 1.82) is 0 Å². The molecule has 1 aliphatic heterocycles. The highest BCUT2D eigenvalue weighted by Gasteiger charge is 2.36. The Morgan fingerprint density at radius 2 is 2.14 bits per heavy atom. The predicted octanol–water partition coefficient (Wildman–Crippen LogP) is 2.47. The molecule has 112 valence electrons. The monoisotopic (exact) mass is 354 g/mol. The zero-order chi connectivity index (χ0) is 15.6. The van der Waals surface area contributed by atoms with Crippen LogP contribution in [0.1, 0.15) is 29.3 Å². The van der Waals surface area contributed by atoms with Crippen LogP contribution in [0.25, 0.3) is 0 Å². The normalized spacial score (nSPS) is 17.5. The third kappa shape index (κ3) is 3.15. The van der Waals surface area contributed by atoms with Crippen molar-refractivity contribution >= 4 is 33.5 Å². The molecule has 1 aromatic carbocycles. The SMILES string of the molecule is CCOC(=O)C(=O)C1CCOc2c(C)cc(Br)cc2C1=O. The summed E-state index contributed by atoms with van der Waals surface area (Å²) >= 11 is 3.32. The average molecular weight is 355 g/mol. The van der Waals surface area contributed by atoms with E-state index in [9.17, 15) is 14.4 Å². The van der Waals surface area contributed by atoms with Gasteiger partial charge in [0.25, 0.3) is 5.78 Å². The molecular formula is C15H15BrO5. The zero-order valence-corrected chi connectivity index (χ0v) is 13.4. The quantitative estimate of drug-likeness (QED) is 0.473. The Morgan fingerprint density at radius 3 is 2.81 bits per heavy atom. The molecule has 0 saturated heterocycles. The third-order valence-corrected chi connectivity index (χ3v) is 3.73. The largest absolute Gasteiger partial charge is 0.493 e. The van der Waals surface area contributed by atoms with Gasteiger partial charge in [0.05, 0.1) is 24.7 Å². The number of hydrogen-bond donors (Lipinski definition) is 0. The van der Waals surface area contributed by atoms with E-state index in [0.717, 1.165) is 10.0 Å².